The van der Waals surface area contributed by atoms with Crippen LogP contribution in [0.1, 0.15) is 79.1 Å². The number of ether oxygens (including phenoxy) is 1. The topological polar surface area (TPSA) is 91.5 Å². The summed E-state index contributed by atoms with van der Waals surface area (Å²) in [5, 5.41) is 4.51. The Bertz CT molecular complexity index is 1460. The molecule has 0 N–H and O–H groups in total. The molecule has 2 fully saturated rings. The first-order chi connectivity index (χ1) is 17.7. The summed E-state index contributed by atoms with van der Waals surface area (Å²) in [6, 6.07) is 2.82. The number of hydrogen-bond acceptors (Lipinski definition) is 7. The van der Waals surface area contributed by atoms with Crippen LogP contribution in [0.5, 0.6) is 0 Å². The number of hydrogen-bond donors (Lipinski definition) is 0. The van der Waals surface area contributed by atoms with Gasteiger partial charge in [0.25, 0.3) is 0 Å². The van der Waals surface area contributed by atoms with E-state index in [2.05, 4.69) is 26.2 Å². The van der Waals surface area contributed by atoms with E-state index in [4.69, 9.17) is 14.7 Å². The molecule has 0 spiro atoms. The fourth-order valence-electron chi connectivity index (χ4n) is 4.84. The summed E-state index contributed by atoms with van der Waals surface area (Å²) in [4.78, 5) is 22.6. The zero-order valence-corrected chi connectivity index (χ0v) is 20.7. The molecule has 37 heavy (non-hydrogen) atoms. The molecular weight excluding hydrogens is 483 g/mol. The van der Waals surface area contributed by atoms with E-state index in [0.717, 1.165) is 30.2 Å². The molecule has 0 aromatic carbocycles. The van der Waals surface area contributed by atoms with Gasteiger partial charge in [0.1, 0.15) is 22.7 Å². The highest BCUT2D eigenvalue weighted by Gasteiger charge is 2.34. The van der Waals surface area contributed by atoms with Gasteiger partial charge in [-0.1, -0.05) is 0 Å². The van der Waals surface area contributed by atoms with E-state index in [1.54, 1.807) is 0 Å². The minimum atomic E-state index is -4.52. The highest BCUT2D eigenvalue weighted by Crippen LogP contribution is 2.41. The lowest BCUT2D eigenvalue weighted by atomic mass is 9.89. The predicted octanol–water partition coefficient (Wildman–Crippen LogP) is 5.67. The van der Waals surface area contributed by atoms with Crippen LogP contribution in [-0.2, 0) is 10.9 Å². The lowest BCUT2D eigenvalue weighted by molar-refractivity contribution is -0.141. The van der Waals surface area contributed by atoms with Gasteiger partial charge in [0.15, 0.2) is 5.65 Å². The van der Waals surface area contributed by atoms with Crippen LogP contribution in [0, 0.1) is 13.8 Å². The number of pyridine rings is 1. The van der Waals surface area contributed by atoms with Crippen LogP contribution in [-0.4, -0.2) is 40.8 Å². The molecule has 1 saturated heterocycles. The molecule has 1 aliphatic carbocycles. The minimum absolute atomic E-state index is 0.0330. The second-order valence-corrected chi connectivity index (χ2v) is 10.0. The van der Waals surface area contributed by atoms with Gasteiger partial charge in [0, 0.05) is 29.4 Å². The molecular formula is C26H26F3N7O. The van der Waals surface area contributed by atoms with Gasteiger partial charge >= 0.3 is 6.18 Å². The lowest BCUT2D eigenvalue weighted by Crippen LogP contribution is -2.26. The second kappa shape index (κ2) is 8.83. The Labute approximate surface area is 211 Å². The monoisotopic (exact) mass is 509 g/mol. The Hall–Kier alpha value is -3.47. The van der Waals surface area contributed by atoms with E-state index < -0.39 is 11.9 Å². The van der Waals surface area contributed by atoms with Crippen LogP contribution < -0.4 is 0 Å². The molecule has 1 saturated carbocycles. The van der Waals surface area contributed by atoms with Crippen molar-refractivity contribution in [2.45, 2.75) is 76.8 Å². The van der Waals surface area contributed by atoms with Gasteiger partial charge in [0.2, 0.25) is 0 Å². The Kier molecular flexibility index (Phi) is 5.70. The van der Waals surface area contributed by atoms with Crippen molar-refractivity contribution in [1.82, 2.24) is 34.7 Å². The molecule has 1 aliphatic heterocycles. The fraction of sp³-hybridized carbons (Fsp3) is 0.462. The zero-order chi connectivity index (χ0) is 25.9. The normalized spacial score (nSPS) is 22.5. The molecule has 8 nitrogen and oxygen atoms in total. The number of alkyl halides is 3. The van der Waals surface area contributed by atoms with Crippen LogP contribution in [0.4, 0.5) is 13.2 Å². The fourth-order valence-corrected chi connectivity index (χ4v) is 4.84. The summed E-state index contributed by atoms with van der Waals surface area (Å²) in [7, 11) is 0. The maximum atomic E-state index is 13.1. The molecule has 0 bridgehead atoms. The van der Waals surface area contributed by atoms with Gasteiger partial charge in [-0.25, -0.2) is 19.9 Å². The van der Waals surface area contributed by atoms with Crippen molar-refractivity contribution < 1.29 is 17.9 Å². The predicted molar refractivity (Wildman–Crippen MR) is 129 cm³/mol. The summed E-state index contributed by atoms with van der Waals surface area (Å²) in [6.45, 7) is 5.71. The van der Waals surface area contributed by atoms with Crippen molar-refractivity contribution in [1.29, 1.82) is 0 Å². The summed E-state index contributed by atoms with van der Waals surface area (Å²) in [5.41, 5.74) is 3.23. The Balaban J connectivity index is 1.40. The Morgan fingerprint density at radius 2 is 1.76 bits per heavy atom. The van der Waals surface area contributed by atoms with Crippen molar-refractivity contribution in [3.05, 3.63) is 59.2 Å². The third kappa shape index (κ3) is 4.68. The molecule has 3 atom stereocenters. The van der Waals surface area contributed by atoms with Gasteiger partial charge in [0.05, 0.1) is 35.8 Å². The third-order valence-corrected chi connectivity index (χ3v) is 7.08. The summed E-state index contributed by atoms with van der Waals surface area (Å²) < 4.78 is 47.6. The molecule has 4 aromatic rings. The molecule has 5 heterocycles. The molecule has 0 radical (unpaired) electrons. The van der Waals surface area contributed by atoms with E-state index in [9.17, 15) is 13.2 Å². The van der Waals surface area contributed by atoms with E-state index in [1.165, 1.54) is 12.3 Å². The largest absolute Gasteiger partial charge is 0.433 e. The lowest BCUT2D eigenvalue weighted by Gasteiger charge is -2.33. The van der Waals surface area contributed by atoms with Gasteiger partial charge < -0.3 is 4.74 Å². The van der Waals surface area contributed by atoms with Gasteiger partial charge in [-0.15, -0.1) is 0 Å². The van der Waals surface area contributed by atoms with Crippen molar-refractivity contribution in [2.24, 2.45) is 0 Å². The molecule has 4 aromatic heterocycles. The van der Waals surface area contributed by atoms with Crippen molar-refractivity contribution in [3.8, 4) is 11.3 Å². The van der Waals surface area contributed by atoms with Crippen LogP contribution in [0.3, 0.4) is 0 Å². The van der Waals surface area contributed by atoms with E-state index in [1.807, 2.05) is 31.6 Å². The van der Waals surface area contributed by atoms with Crippen LogP contribution in [0.15, 0.2) is 30.7 Å². The zero-order valence-electron chi connectivity index (χ0n) is 20.7. The number of aromatic nitrogens is 7. The second-order valence-electron chi connectivity index (χ2n) is 10.0. The molecule has 0 amide bonds. The van der Waals surface area contributed by atoms with Crippen molar-refractivity contribution in [2.75, 3.05) is 0 Å². The van der Waals surface area contributed by atoms with Crippen LogP contribution in [0.2, 0.25) is 0 Å². The van der Waals surface area contributed by atoms with Crippen LogP contribution in [0.25, 0.3) is 22.4 Å². The summed E-state index contributed by atoms with van der Waals surface area (Å²) in [6.07, 6.45) is 4.09. The number of rotatable bonds is 4. The van der Waals surface area contributed by atoms with Gasteiger partial charge in [-0.3, -0.25) is 9.67 Å². The van der Waals surface area contributed by atoms with Gasteiger partial charge in [-0.2, -0.15) is 18.3 Å². The average molecular weight is 510 g/mol. The molecule has 0 unspecified atom stereocenters. The van der Waals surface area contributed by atoms with Crippen molar-refractivity contribution in [3.63, 3.8) is 0 Å². The van der Waals surface area contributed by atoms with E-state index in [0.29, 0.717) is 52.8 Å². The first kappa shape index (κ1) is 23.9. The standard InChI is InChI=1S/C26H26F3N7O/c1-13-8-17(9-20(37-13)18-11-31-36(12-18)19-5-6-19)24-34-22(16-4-7-21(30-10-16)26(27,28)29)23-25(35-24)33-15(3)14(2)32-23/h4,7,10-13,17,19-20H,5-6,8-9H2,1-3H3/t13-,17+,20+/m1/s1. The highest BCUT2D eigenvalue weighted by atomic mass is 19.4. The Morgan fingerprint density at radius 3 is 2.46 bits per heavy atom. The third-order valence-electron chi connectivity index (χ3n) is 7.08. The number of fused-ring (bicyclic) bond motifs is 1. The number of halogens is 3. The molecule has 2 aliphatic rings. The summed E-state index contributed by atoms with van der Waals surface area (Å²) in [5.74, 6) is 0.543. The van der Waals surface area contributed by atoms with Crippen molar-refractivity contribution >= 4 is 11.2 Å². The quantitative estimate of drug-likeness (QED) is 0.350. The summed E-state index contributed by atoms with van der Waals surface area (Å²) >= 11 is 0. The smallest absolute Gasteiger partial charge is 0.370 e. The average Bonchev–Trinajstić information content (AvgIpc) is 3.59. The van der Waals surface area contributed by atoms with E-state index in [-0.39, 0.29) is 18.1 Å². The number of nitrogens with zero attached hydrogens (tertiary/aromatic N) is 7. The highest BCUT2D eigenvalue weighted by molar-refractivity contribution is 5.86. The van der Waals surface area contributed by atoms with Gasteiger partial charge in [-0.05, 0) is 58.6 Å². The maximum absolute atomic E-state index is 13.1. The van der Waals surface area contributed by atoms with Crippen LogP contribution >= 0.6 is 0 Å². The Morgan fingerprint density at radius 1 is 0.973 bits per heavy atom. The minimum Gasteiger partial charge on any atom is -0.370 e. The molecule has 192 valence electrons. The first-order valence-electron chi connectivity index (χ1n) is 12.4. The maximum Gasteiger partial charge on any atom is 0.433 e. The van der Waals surface area contributed by atoms with E-state index >= 15 is 0 Å². The number of aryl methyl sites for hydroxylation is 2. The molecule has 6 rings (SSSR count). The molecule has 11 heteroatoms. The first-order valence-corrected chi connectivity index (χ1v) is 12.4. The SMILES string of the molecule is Cc1nc2nc([C@H]3C[C@@H](C)O[C@H](c4cnn(C5CC5)c4)C3)nc(-c3ccc(C(F)(F)F)nc3)c2nc1C.